The molecule has 0 spiro atoms. The van der Waals surface area contributed by atoms with Crippen LogP contribution in [0.2, 0.25) is 0 Å². The molecule has 0 radical (unpaired) electrons. The minimum absolute atomic E-state index is 0.0193. The van der Waals surface area contributed by atoms with Gasteiger partial charge in [0.25, 0.3) is 11.6 Å². The standard InChI is InChI=1S/C38H30N4O5/c1-46-37-24-28(14-23-36(37)47-26-27-12-17-33(18-13-27)42(44)45)25-39-40-38(43)31-15-19-32(20-16-31)41-34(29-8-4-2-5-9-29)21-22-35(41)30-10-6-3-7-11-30/h2-25H,26H2,1H3,(H,40,43)/b39-25+. The molecule has 0 aliphatic heterocycles. The zero-order valence-electron chi connectivity index (χ0n) is 25.4. The van der Waals surface area contributed by atoms with Crippen LogP contribution in [0.4, 0.5) is 5.69 Å². The molecule has 0 bridgehead atoms. The summed E-state index contributed by atoms with van der Waals surface area (Å²) < 4.78 is 13.5. The Morgan fingerprint density at radius 3 is 1.98 bits per heavy atom. The number of aromatic nitrogens is 1. The number of nitrogens with one attached hydrogen (secondary N) is 1. The lowest BCUT2D eigenvalue weighted by Crippen LogP contribution is -2.17. The van der Waals surface area contributed by atoms with Crippen LogP contribution in [0, 0.1) is 10.1 Å². The molecule has 0 saturated heterocycles. The molecule has 0 atom stereocenters. The summed E-state index contributed by atoms with van der Waals surface area (Å²) in [5.41, 5.74) is 9.74. The Morgan fingerprint density at radius 1 is 0.787 bits per heavy atom. The smallest absolute Gasteiger partial charge is 0.271 e. The van der Waals surface area contributed by atoms with Gasteiger partial charge < -0.3 is 14.0 Å². The maximum Gasteiger partial charge on any atom is 0.271 e. The molecule has 9 heteroatoms. The van der Waals surface area contributed by atoms with Crippen molar-refractivity contribution in [3.05, 3.63) is 166 Å². The van der Waals surface area contributed by atoms with Gasteiger partial charge in [0.15, 0.2) is 11.5 Å². The van der Waals surface area contributed by atoms with Crippen LogP contribution in [0.15, 0.2) is 145 Å². The number of methoxy groups -OCH3 is 1. The molecular formula is C38H30N4O5. The molecule has 1 amide bonds. The molecule has 6 aromatic rings. The first-order valence-electron chi connectivity index (χ1n) is 14.8. The maximum atomic E-state index is 13.0. The van der Waals surface area contributed by atoms with Crippen molar-refractivity contribution in [2.45, 2.75) is 6.61 Å². The highest BCUT2D eigenvalue weighted by Crippen LogP contribution is 2.33. The van der Waals surface area contributed by atoms with E-state index in [9.17, 15) is 14.9 Å². The lowest BCUT2D eigenvalue weighted by atomic mass is 10.1. The van der Waals surface area contributed by atoms with Crippen molar-refractivity contribution in [3.8, 4) is 39.7 Å². The van der Waals surface area contributed by atoms with E-state index in [0.717, 1.165) is 33.8 Å². The van der Waals surface area contributed by atoms with Crippen LogP contribution in [0.25, 0.3) is 28.2 Å². The van der Waals surface area contributed by atoms with Gasteiger partial charge >= 0.3 is 0 Å². The maximum absolute atomic E-state index is 13.0. The number of nitrogens with zero attached hydrogens (tertiary/aromatic N) is 3. The Labute approximate surface area is 271 Å². The summed E-state index contributed by atoms with van der Waals surface area (Å²) in [6, 6.07) is 43.5. The highest BCUT2D eigenvalue weighted by atomic mass is 16.6. The summed E-state index contributed by atoms with van der Waals surface area (Å²) in [6.07, 6.45) is 1.52. The van der Waals surface area contributed by atoms with Gasteiger partial charge in [-0.3, -0.25) is 14.9 Å². The first-order valence-corrected chi connectivity index (χ1v) is 14.8. The molecule has 47 heavy (non-hydrogen) atoms. The predicted molar refractivity (Wildman–Crippen MR) is 182 cm³/mol. The molecule has 232 valence electrons. The molecule has 9 nitrogen and oxygen atoms in total. The van der Waals surface area contributed by atoms with Crippen molar-refractivity contribution in [2.75, 3.05) is 7.11 Å². The molecule has 6 rings (SSSR count). The Morgan fingerprint density at radius 2 is 1.40 bits per heavy atom. The SMILES string of the molecule is COc1cc(/C=N/NC(=O)c2ccc(-n3c(-c4ccccc4)ccc3-c3ccccc3)cc2)ccc1OCc1ccc([N+](=O)[O-])cc1. The first kappa shape index (κ1) is 30.5. The topological polar surface area (TPSA) is 108 Å². The Hall–Kier alpha value is -6.48. The molecule has 0 aliphatic rings. The first-order chi connectivity index (χ1) is 23.0. The second-order valence-corrected chi connectivity index (χ2v) is 10.5. The van der Waals surface area contributed by atoms with Gasteiger partial charge in [-0.2, -0.15) is 5.10 Å². The van der Waals surface area contributed by atoms with Crippen molar-refractivity contribution >= 4 is 17.8 Å². The number of non-ortho nitro benzene ring substituents is 1. The van der Waals surface area contributed by atoms with Crippen molar-refractivity contribution < 1.29 is 19.2 Å². The lowest BCUT2D eigenvalue weighted by Gasteiger charge is -2.15. The fraction of sp³-hybridized carbons (Fsp3) is 0.0526. The van der Waals surface area contributed by atoms with E-state index in [2.05, 4.69) is 51.5 Å². The van der Waals surface area contributed by atoms with Gasteiger partial charge in [0.1, 0.15) is 6.61 Å². The molecule has 0 fully saturated rings. The normalized spacial score (nSPS) is 10.9. The van der Waals surface area contributed by atoms with Crippen LogP contribution in [0.3, 0.4) is 0 Å². The molecule has 5 aromatic carbocycles. The van der Waals surface area contributed by atoms with Crippen molar-refractivity contribution in [1.29, 1.82) is 0 Å². The van der Waals surface area contributed by atoms with Gasteiger partial charge in [-0.05, 0) is 89.0 Å². The zero-order valence-corrected chi connectivity index (χ0v) is 25.4. The van der Waals surface area contributed by atoms with E-state index < -0.39 is 4.92 Å². The van der Waals surface area contributed by atoms with E-state index >= 15 is 0 Å². The fourth-order valence-corrected chi connectivity index (χ4v) is 5.13. The third-order valence-electron chi connectivity index (χ3n) is 7.52. The van der Waals surface area contributed by atoms with Crippen molar-refractivity contribution in [2.24, 2.45) is 5.10 Å². The summed E-state index contributed by atoms with van der Waals surface area (Å²) in [6.45, 7) is 0.210. The number of benzene rings is 5. The van der Waals surface area contributed by atoms with E-state index in [1.807, 2.05) is 48.5 Å². The number of hydrogen-bond donors (Lipinski definition) is 1. The number of amides is 1. The van der Waals surface area contributed by atoms with Gasteiger partial charge in [0.05, 0.1) is 29.6 Å². The fourth-order valence-electron chi connectivity index (χ4n) is 5.13. The lowest BCUT2D eigenvalue weighted by molar-refractivity contribution is -0.384. The third-order valence-corrected chi connectivity index (χ3v) is 7.52. The Bertz CT molecular complexity index is 1960. The minimum Gasteiger partial charge on any atom is -0.493 e. The van der Waals surface area contributed by atoms with E-state index in [1.54, 1.807) is 42.5 Å². The summed E-state index contributed by atoms with van der Waals surface area (Å²) in [4.78, 5) is 23.4. The number of ether oxygens (including phenoxy) is 2. The average molecular weight is 623 g/mol. The van der Waals surface area contributed by atoms with E-state index in [-0.39, 0.29) is 18.2 Å². The second-order valence-electron chi connectivity index (χ2n) is 10.5. The van der Waals surface area contributed by atoms with Gasteiger partial charge in [-0.25, -0.2) is 5.43 Å². The summed E-state index contributed by atoms with van der Waals surface area (Å²) in [5, 5.41) is 15.0. The quantitative estimate of drug-likeness (QED) is 0.0893. The second kappa shape index (κ2) is 14.1. The highest BCUT2D eigenvalue weighted by Gasteiger charge is 2.15. The number of nitro groups is 1. The molecule has 1 heterocycles. The highest BCUT2D eigenvalue weighted by molar-refractivity contribution is 5.95. The number of nitro benzene ring substituents is 1. The summed E-state index contributed by atoms with van der Waals surface area (Å²) in [5.74, 6) is 0.634. The monoisotopic (exact) mass is 622 g/mol. The minimum atomic E-state index is -0.444. The van der Waals surface area contributed by atoms with Crippen molar-refractivity contribution in [3.63, 3.8) is 0 Å². The van der Waals surface area contributed by atoms with Crippen LogP contribution in [-0.2, 0) is 6.61 Å². The van der Waals surface area contributed by atoms with Crippen LogP contribution in [0.1, 0.15) is 21.5 Å². The van der Waals surface area contributed by atoms with Gasteiger partial charge in [-0.1, -0.05) is 60.7 Å². The molecule has 0 aliphatic carbocycles. The average Bonchev–Trinajstić information content (AvgIpc) is 3.57. The van der Waals surface area contributed by atoms with Crippen LogP contribution in [-0.4, -0.2) is 28.7 Å². The number of rotatable bonds is 11. The van der Waals surface area contributed by atoms with E-state index in [1.165, 1.54) is 25.5 Å². The molecule has 0 unspecified atom stereocenters. The number of carbonyl (C=O) groups is 1. The molecule has 1 aromatic heterocycles. The summed E-state index contributed by atoms with van der Waals surface area (Å²) >= 11 is 0. The van der Waals surface area contributed by atoms with Crippen LogP contribution >= 0.6 is 0 Å². The Balaban J connectivity index is 1.13. The number of hydrazone groups is 1. The zero-order chi connectivity index (χ0) is 32.6. The number of carbonyl (C=O) groups excluding carboxylic acids is 1. The molecule has 0 saturated carbocycles. The van der Waals surface area contributed by atoms with Gasteiger partial charge in [0.2, 0.25) is 0 Å². The van der Waals surface area contributed by atoms with Gasteiger partial charge in [-0.15, -0.1) is 0 Å². The Kier molecular flexibility index (Phi) is 9.15. The van der Waals surface area contributed by atoms with E-state index in [0.29, 0.717) is 22.6 Å². The molecular weight excluding hydrogens is 592 g/mol. The van der Waals surface area contributed by atoms with Crippen LogP contribution in [0.5, 0.6) is 11.5 Å². The molecule has 1 N–H and O–H groups in total. The van der Waals surface area contributed by atoms with Crippen LogP contribution < -0.4 is 14.9 Å². The third kappa shape index (κ3) is 7.10. The van der Waals surface area contributed by atoms with E-state index in [4.69, 9.17) is 9.47 Å². The van der Waals surface area contributed by atoms with Gasteiger partial charge in [0, 0.05) is 23.4 Å². The summed E-state index contributed by atoms with van der Waals surface area (Å²) in [7, 11) is 1.53. The number of hydrogen-bond acceptors (Lipinski definition) is 6. The predicted octanol–water partition coefficient (Wildman–Crippen LogP) is 8.07. The largest absolute Gasteiger partial charge is 0.493 e. The van der Waals surface area contributed by atoms with Crippen molar-refractivity contribution in [1.82, 2.24) is 9.99 Å².